The maximum atomic E-state index is 3.59. The van der Waals surface area contributed by atoms with Crippen molar-refractivity contribution in [2.24, 2.45) is 0 Å². The Balaban J connectivity index is 1.46. The van der Waals surface area contributed by atoms with E-state index in [2.05, 4.69) is 126 Å². The van der Waals surface area contributed by atoms with Gasteiger partial charge in [-0.1, -0.05) is 73.7 Å². The summed E-state index contributed by atoms with van der Waals surface area (Å²) in [5.41, 5.74) is 9.25. The lowest BCUT2D eigenvalue weighted by molar-refractivity contribution is 0.320. The van der Waals surface area contributed by atoms with E-state index < -0.39 is 0 Å². The first-order valence-corrected chi connectivity index (χ1v) is 11.4. The van der Waals surface area contributed by atoms with E-state index in [1.54, 1.807) is 0 Å². The number of rotatable bonds is 3. The second-order valence-electron chi connectivity index (χ2n) is 8.88. The van der Waals surface area contributed by atoms with Crippen LogP contribution in [-0.2, 0) is 0 Å². The van der Waals surface area contributed by atoms with E-state index in [0.29, 0.717) is 5.92 Å². The van der Waals surface area contributed by atoms with Crippen molar-refractivity contribution in [3.8, 4) is 5.69 Å². The average Bonchev–Trinajstić information content (AvgIpc) is 3.39. The molecule has 1 aliphatic carbocycles. The Hall–Kier alpha value is -3.72. The van der Waals surface area contributed by atoms with Crippen molar-refractivity contribution >= 4 is 17.0 Å². The van der Waals surface area contributed by atoms with Gasteiger partial charge in [0, 0.05) is 41.5 Å². The van der Waals surface area contributed by atoms with Crippen LogP contribution in [0.1, 0.15) is 42.2 Å². The number of likely N-dealkylation sites (N-methyl/N-ethyl adjacent to an activating group) is 1. The summed E-state index contributed by atoms with van der Waals surface area (Å²) in [6, 6.07) is 30.2. The third kappa shape index (κ3) is 2.89. The molecule has 1 aliphatic heterocycles. The van der Waals surface area contributed by atoms with Gasteiger partial charge in [0.2, 0.25) is 0 Å². The summed E-state index contributed by atoms with van der Waals surface area (Å²) in [4.78, 5) is 2.37. The van der Waals surface area contributed by atoms with Crippen LogP contribution in [0.3, 0.4) is 0 Å². The highest BCUT2D eigenvalue weighted by Crippen LogP contribution is 2.44. The Morgan fingerprint density at radius 3 is 2.31 bits per heavy atom. The van der Waals surface area contributed by atoms with Gasteiger partial charge in [0.15, 0.2) is 0 Å². The molecule has 0 bridgehead atoms. The zero-order valence-corrected chi connectivity index (χ0v) is 18.5. The summed E-state index contributed by atoms with van der Waals surface area (Å²) in [6.45, 7) is 2.36. The van der Waals surface area contributed by atoms with Crippen molar-refractivity contribution in [2.45, 2.75) is 25.4 Å². The molecule has 1 N–H and O–H groups in total. The third-order valence-corrected chi connectivity index (χ3v) is 6.87. The van der Waals surface area contributed by atoms with Gasteiger partial charge < -0.3 is 14.8 Å². The highest BCUT2D eigenvalue weighted by atomic mass is 15.3. The van der Waals surface area contributed by atoms with E-state index in [0.717, 1.165) is 6.42 Å². The molecule has 0 spiro atoms. The van der Waals surface area contributed by atoms with Crippen LogP contribution in [0.15, 0.2) is 102 Å². The summed E-state index contributed by atoms with van der Waals surface area (Å²) in [5, 5.41) is 4.92. The summed E-state index contributed by atoms with van der Waals surface area (Å²) < 4.78 is 2.46. The molecule has 2 atom stereocenters. The highest BCUT2D eigenvalue weighted by molar-refractivity contribution is 5.94. The van der Waals surface area contributed by atoms with Crippen molar-refractivity contribution < 1.29 is 0 Å². The van der Waals surface area contributed by atoms with Crippen LogP contribution in [0.5, 0.6) is 0 Å². The van der Waals surface area contributed by atoms with Gasteiger partial charge >= 0.3 is 0 Å². The number of benzene rings is 3. The Morgan fingerprint density at radius 1 is 0.844 bits per heavy atom. The number of allylic oxidation sites excluding steroid dienone is 1. The summed E-state index contributed by atoms with van der Waals surface area (Å²) in [6.07, 6.45) is 5.82. The summed E-state index contributed by atoms with van der Waals surface area (Å²) in [5.74, 6) is 0.419. The average molecular weight is 418 g/mol. The standard InChI is InChI=1S/C29H27N3/c1-20-17-22(27-19-30-29(31(27)2)21-11-5-3-6-12-21)18-25-24-15-9-10-16-26(24)32(28(20)25)23-13-7-4-8-14-23/h3-16,18-20,29-30H,17H2,1-2H3. The number of nitrogens with one attached hydrogen (secondary N) is 1. The van der Waals surface area contributed by atoms with E-state index in [-0.39, 0.29) is 6.17 Å². The molecule has 3 aromatic carbocycles. The molecule has 4 aromatic rings. The molecule has 32 heavy (non-hydrogen) atoms. The molecule has 0 radical (unpaired) electrons. The smallest absolute Gasteiger partial charge is 0.125 e. The predicted molar refractivity (Wildman–Crippen MR) is 132 cm³/mol. The molecule has 2 heterocycles. The van der Waals surface area contributed by atoms with Crippen LogP contribution in [0.25, 0.3) is 22.7 Å². The minimum absolute atomic E-state index is 0.175. The lowest BCUT2D eigenvalue weighted by Crippen LogP contribution is -2.26. The van der Waals surface area contributed by atoms with Crippen molar-refractivity contribution in [2.75, 3.05) is 7.05 Å². The lowest BCUT2D eigenvalue weighted by atomic mass is 9.86. The molecule has 3 nitrogen and oxygen atoms in total. The second-order valence-corrected chi connectivity index (χ2v) is 8.88. The normalized spacial score (nSPS) is 20.0. The van der Waals surface area contributed by atoms with Gasteiger partial charge in [0.05, 0.1) is 11.2 Å². The third-order valence-electron chi connectivity index (χ3n) is 6.87. The van der Waals surface area contributed by atoms with E-state index in [4.69, 9.17) is 0 Å². The maximum Gasteiger partial charge on any atom is 0.125 e. The molecule has 6 rings (SSSR count). The van der Waals surface area contributed by atoms with Gasteiger partial charge in [0.25, 0.3) is 0 Å². The SMILES string of the molecule is CC1CC(C2=CNC(c3ccccc3)N2C)=Cc2c1n(-c1ccccc1)c1ccccc21. The minimum Gasteiger partial charge on any atom is -0.366 e. The molecule has 1 aromatic heterocycles. The minimum atomic E-state index is 0.175. The van der Waals surface area contributed by atoms with E-state index >= 15 is 0 Å². The summed E-state index contributed by atoms with van der Waals surface area (Å²) in [7, 11) is 2.19. The zero-order valence-electron chi connectivity index (χ0n) is 18.5. The fourth-order valence-corrected chi connectivity index (χ4v) is 5.40. The fraction of sp³-hybridized carbons (Fsp3) is 0.172. The molecule has 0 saturated carbocycles. The van der Waals surface area contributed by atoms with Crippen LogP contribution in [0.4, 0.5) is 0 Å². The van der Waals surface area contributed by atoms with Crippen molar-refractivity contribution in [3.63, 3.8) is 0 Å². The molecule has 0 amide bonds. The van der Waals surface area contributed by atoms with Crippen LogP contribution < -0.4 is 5.32 Å². The quantitative estimate of drug-likeness (QED) is 0.405. The van der Waals surface area contributed by atoms with E-state index in [1.165, 1.54) is 44.7 Å². The molecule has 0 fully saturated rings. The molecular weight excluding hydrogens is 390 g/mol. The lowest BCUT2D eigenvalue weighted by Gasteiger charge is -2.29. The van der Waals surface area contributed by atoms with Gasteiger partial charge in [-0.05, 0) is 41.8 Å². The predicted octanol–water partition coefficient (Wildman–Crippen LogP) is 6.60. The molecule has 2 unspecified atom stereocenters. The van der Waals surface area contributed by atoms with Crippen molar-refractivity contribution in [3.05, 3.63) is 119 Å². The number of hydrogen-bond acceptors (Lipinski definition) is 2. The van der Waals surface area contributed by atoms with Gasteiger partial charge in [0.1, 0.15) is 6.17 Å². The molecule has 158 valence electrons. The van der Waals surface area contributed by atoms with Crippen molar-refractivity contribution in [1.29, 1.82) is 0 Å². The monoisotopic (exact) mass is 417 g/mol. The summed E-state index contributed by atoms with van der Waals surface area (Å²) >= 11 is 0. The van der Waals surface area contributed by atoms with Gasteiger partial charge in [-0.15, -0.1) is 0 Å². The Labute approximate surface area is 189 Å². The van der Waals surface area contributed by atoms with E-state index in [9.17, 15) is 0 Å². The molecule has 3 heteroatoms. The number of nitrogens with zero attached hydrogens (tertiary/aromatic N) is 2. The Bertz CT molecular complexity index is 1350. The largest absolute Gasteiger partial charge is 0.366 e. The molecule has 2 aliphatic rings. The number of hydrogen-bond donors (Lipinski definition) is 1. The number of para-hydroxylation sites is 2. The van der Waals surface area contributed by atoms with Crippen LogP contribution in [0, 0.1) is 0 Å². The van der Waals surface area contributed by atoms with Gasteiger partial charge in [-0.3, -0.25) is 0 Å². The topological polar surface area (TPSA) is 20.2 Å². The first-order chi connectivity index (χ1) is 15.7. The van der Waals surface area contributed by atoms with Gasteiger partial charge in [-0.25, -0.2) is 0 Å². The molecular formula is C29H27N3. The van der Waals surface area contributed by atoms with E-state index in [1.807, 2.05) is 0 Å². The van der Waals surface area contributed by atoms with Gasteiger partial charge in [-0.2, -0.15) is 0 Å². The zero-order chi connectivity index (χ0) is 21.7. The van der Waals surface area contributed by atoms with Crippen LogP contribution >= 0.6 is 0 Å². The molecule has 0 saturated heterocycles. The van der Waals surface area contributed by atoms with Crippen molar-refractivity contribution in [1.82, 2.24) is 14.8 Å². The first-order valence-electron chi connectivity index (χ1n) is 11.4. The fourth-order valence-electron chi connectivity index (χ4n) is 5.40. The Kier molecular flexibility index (Phi) is 4.43. The number of fused-ring (bicyclic) bond motifs is 3. The Morgan fingerprint density at radius 2 is 1.53 bits per heavy atom. The number of aromatic nitrogens is 1. The van der Waals surface area contributed by atoms with Crippen LogP contribution in [-0.4, -0.2) is 16.5 Å². The highest BCUT2D eigenvalue weighted by Gasteiger charge is 2.31. The maximum absolute atomic E-state index is 3.59. The van der Waals surface area contributed by atoms with Crippen LogP contribution in [0.2, 0.25) is 0 Å². The second kappa shape index (κ2) is 7.45. The first kappa shape index (κ1) is 19.0.